The van der Waals surface area contributed by atoms with Gasteiger partial charge in [0.15, 0.2) is 0 Å². The van der Waals surface area contributed by atoms with Gasteiger partial charge in [0, 0.05) is 14.0 Å². The zero-order chi connectivity index (χ0) is 13.8. The van der Waals surface area contributed by atoms with Crippen molar-refractivity contribution in [2.75, 3.05) is 13.7 Å². The normalized spacial score (nSPS) is 26.6. The van der Waals surface area contributed by atoms with Gasteiger partial charge in [0.05, 0.1) is 38.1 Å². The van der Waals surface area contributed by atoms with Crippen LogP contribution in [0.25, 0.3) is 0 Å². The van der Waals surface area contributed by atoms with E-state index in [1.54, 1.807) is 18.0 Å². The number of rotatable bonds is 5. The molecule has 106 valence electrons. The summed E-state index contributed by atoms with van der Waals surface area (Å²) in [7, 11) is 1.59. The van der Waals surface area contributed by atoms with Crippen LogP contribution in [0.5, 0.6) is 0 Å². The lowest BCUT2D eigenvalue weighted by Gasteiger charge is -2.20. The number of methoxy groups -OCH3 is 1. The van der Waals surface area contributed by atoms with E-state index in [9.17, 15) is 9.90 Å². The predicted molar refractivity (Wildman–Crippen MR) is 64.1 cm³/mol. The summed E-state index contributed by atoms with van der Waals surface area (Å²) in [4.78, 5) is 11.1. The number of carbonyl (C=O) groups excluding carboxylic acids is 1. The van der Waals surface area contributed by atoms with Gasteiger partial charge in [-0.15, -0.1) is 5.10 Å². The largest absolute Gasteiger partial charge is 0.388 e. The molecule has 2 N–H and O–H groups in total. The Labute approximate surface area is 110 Å². The van der Waals surface area contributed by atoms with Gasteiger partial charge in [-0.3, -0.25) is 4.79 Å². The van der Waals surface area contributed by atoms with Gasteiger partial charge in [0.25, 0.3) is 0 Å². The van der Waals surface area contributed by atoms with Crippen LogP contribution in [-0.4, -0.2) is 58.0 Å². The van der Waals surface area contributed by atoms with Crippen LogP contribution < -0.4 is 5.32 Å². The molecule has 2 rings (SSSR count). The minimum Gasteiger partial charge on any atom is -0.388 e. The van der Waals surface area contributed by atoms with E-state index in [2.05, 4.69) is 15.6 Å². The van der Waals surface area contributed by atoms with Crippen molar-refractivity contribution >= 4 is 5.91 Å². The number of aromatic nitrogens is 3. The molecule has 2 heterocycles. The predicted octanol–water partition coefficient (Wildman–Crippen LogP) is -1.31. The second-order valence-corrected chi connectivity index (χ2v) is 4.53. The van der Waals surface area contributed by atoms with Gasteiger partial charge in [-0.25, -0.2) is 4.68 Å². The number of aliphatic hydroxyl groups is 1. The Morgan fingerprint density at radius 1 is 1.74 bits per heavy atom. The molecule has 19 heavy (non-hydrogen) atoms. The van der Waals surface area contributed by atoms with Crippen molar-refractivity contribution in [3.63, 3.8) is 0 Å². The average Bonchev–Trinajstić information content (AvgIpc) is 2.91. The number of nitrogens with zero attached hydrogens (tertiary/aromatic N) is 3. The molecule has 0 aromatic carbocycles. The summed E-state index contributed by atoms with van der Waals surface area (Å²) in [5.74, 6) is -0.196. The van der Waals surface area contributed by atoms with E-state index >= 15 is 0 Å². The number of hydrogen-bond acceptors (Lipinski definition) is 6. The van der Waals surface area contributed by atoms with Crippen molar-refractivity contribution in [3.05, 3.63) is 11.9 Å². The van der Waals surface area contributed by atoms with Gasteiger partial charge in [-0.1, -0.05) is 5.21 Å². The first-order valence-electron chi connectivity index (χ1n) is 6.05. The van der Waals surface area contributed by atoms with Gasteiger partial charge in [0.2, 0.25) is 5.91 Å². The number of nitrogens with one attached hydrogen (secondary N) is 1. The molecular formula is C11H18N4O4. The van der Waals surface area contributed by atoms with Crippen LogP contribution in [0, 0.1) is 0 Å². The van der Waals surface area contributed by atoms with Crippen molar-refractivity contribution in [2.45, 2.75) is 38.3 Å². The molecule has 0 saturated carbocycles. The van der Waals surface area contributed by atoms with E-state index in [-0.39, 0.29) is 18.6 Å². The van der Waals surface area contributed by atoms with Crippen molar-refractivity contribution in [1.82, 2.24) is 20.3 Å². The highest BCUT2D eigenvalue weighted by Crippen LogP contribution is 2.16. The lowest BCUT2D eigenvalue weighted by molar-refractivity contribution is -0.120. The Hall–Kier alpha value is -1.51. The van der Waals surface area contributed by atoms with E-state index in [0.29, 0.717) is 13.2 Å². The summed E-state index contributed by atoms with van der Waals surface area (Å²) in [6, 6.07) is -0.424. The van der Waals surface area contributed by atoms with Gasteiger partial charge < -0.3 is 19.9 Å². The molecule has 1 aliphatic heterocycles. The summed E-state index contributed by atoms with van der Waals surface area (Å²) in [6.45, 7) is 2.42. The molecule has 0 bridgehead atoms. The fraction of sp³-hybridized carbons (Fsp3) is 0.727. The number of hydrogen-bond donors (Lipinski definition) is 2. The monoisotopic (exact) mass is 270 g/mol. The van der Waals surface area contributed by atoms with E-state index in [4.69, 9.17) is 9.47 Å². The molecule has 1 aliphatic rings. The van der Waals surface area contributed by atoms with Crippen LogP contribution in [0.15, 0.2) is 6.20 Å². The molecule has 8 nitrogen and oxygen atoms in total. The maximum absolute atomic E-state index is 11.1. The Balaban J connectivity index is 1.98. The van der Waals surface area contributed by atoms with Crippen molar-refractivity contribution in [2.24, 2.45) is 0 Å². The Morgan fingerprint density at radius 3 is 3.21 bits per heavy atom. The van der Waals surface area contributed by atoms with E-state index in [0.717, 1.165) is 5.69 Å². The summed E-state index contributed by atoms with van der Waals surface area (Å²) < 4.78 is 12.0. The summed E-state index contributed by atoms with van der Waals surface area (Å²) in [5.41, 5.74) is 0.720. The quantitative estimate of drug-likeness (QED) is 0.689. The molecule has 3 atom stereocenters. The highest BCUT2D eigenvalue weighted by molar-refractivity contribution is 5.73. The molecule has 1 fully saturated rings. The number of ether oxygens (including phenoxy) is 2. The fourth-order valence-electron chi connectivity index (χ4n) is 2.09. The molecule has 0 aliphatic carbocycles. The zero-order valence-corrected chi connectivity index (χ0v) is 10.9. The molecule has 1 aromatic rings. The molecule has 1 aromatic heterocycles. The second-order valence-electron chi connectivity index (χ2n) is 4.53. The highest BCUT2D eigenvalue weighted by Gasteiger charge is 2.37. The third kappa shape index (κ3) is 3.49. The summed E-state index contributed by atoms with van der Waals surface area (Å²) in [5, 5.41) is 20.3. The van der Waals surface area contributed by atoms with Gasteiger partial charge in [-0.2, -0.15) is 0 Å². The van der Waals surface area contributed by atoms with Crippen LogP contribution >= 0.6 is 0 Å². The van der Waals surface area contributed by atoms with Crippen LogP contribution in [0.4, 0.5) is 0 Å². The van der Waals surface area contributed by atoms with Gasteiger partial charge >= 0.3 is 0 Å². The maximum Gasteiger partial charge on any atom is 0.217 e. The first-order chi connectivity index (χ1) is 9.10. The Morgan fingerprint density at radius 2 is 2.53 bits per heavy atom. The summed E-state index contributed by atoms with van der Waals surface area (Å²) >= 11 is 0. The van der Waals surface area contributed by atoms with Gasteiger partial charge in [0.1, 0.15) is 11.8 Å². The first-order valence-corrected chi connectivity index (χ1v) is 6.05. The molecule has 8 heteroatoms. The van der Waals surface area contributed by atoms with Crippen LogP contribution in [0.2, 0.25) is 0 Å². The third-order valence-electron chi connectivity index (χ3n) is 2.91. The van der Waals surface area contributed by atoms with Crippen LogP contribution in [-0.2, 0) is 27.4 Å². The number of aliphatic hydroxyl groups excluding tert-OH is 1. The summed E-state index contributed by atoms with van der Waals surface area (Å²) in [6.07, 6.45) is 0.731. The molecule has 0 radical (unpaired) electrons. The molecule has 0 spiro atoms. The highest BCUT2D eigenvalue weighted by atomic mass is 16.5. The zero-order valence-electron chi connectivity index (χ0n) is 10.9. The number of carbonyl (C=O) groups is 1. The second kappa shape index (κ2) is 6.09. The topological polar surface area (TPSA) is 98.5 Å². The minimum atomic E-state index is -0.698. The molecule has 1 saturated heterocycles. The smallest absolute Gasteiger partial charge is 0.217 e. The Bertz CT molecular complexity index is 436. The van der Waals surface area contributed by atoms with E-state index < -0.39 is 12.1 Å². The number of amides is 1. The van der Waals surface area contributed by atoms with E-state index in [1.807, 2.05) is 0 Å². The lowest BCUT2D eigenvalue weighted by Crippen LogP contribution is -2.47. The molecule has 1 amide bonds. The van der Waals surface area contributed by atoms with Crippen LogP contribution in [0.3, 0.4) is 0 Å². The average molecular weight is 270 g/mol. The van der Waals surface area contributed by atoms with Crippen molar-refractivity contribution in [3.8, 4) is 0 Å². The Kier molecular flexibility index (Phi) is 4.46. The van der Waals surface area contributed by atoms with Gasteiger partial charge in [-0.05, 0) is 0 Å². The maximum atomic E-state index is 11.1. The van der Waals surface area contributed by atoms with Crippen molar-refractivity contribution in [1.29, 1.82) is 0 Å². The molecular weight excluding hydrogens is 252 g/mol. The SMILES string of the molecule is COCc1cn(C[C@H]2OC[C@H](O)[C@H]2NC(C)=O)nn1. The molecule has 0 unspecified atom stereocenters. The third-order valence-corrected chi connectivity index (χ3v) is 2.91. The lowest BCUT2D eigenvalue weighted by atomic mass is 10.1. The van der Waals surface area contributed by atoms with Crippen LogP contribution in [0.1, 0.15) is 12.6 Å². The first kappa shape index (κ1) is 13.9. The van der Waals surface area contributed by atoms with Crippen molar-refractivity contribution < 1.29 is 19.4 Å². The van der Waals surface area contributed by atoms with E-state index in [1.165, 1.54) is 6.92 Å². The fourth-order valence-corrected chi connectivity index (χ4v) is 2.09. The standard InChI is InChI=1S/C11H18N4O4/c1-7(16)12-11-9(17)6-19-10(11)4-15-3-8(5-18-2)13-14-15/h3,9-11,17H,4-6H2,1-2H3,(H,12,16)/t9-,10+,11+/m0/s1. The minimum absolute atomic E-state index is 0.196.